The van der Waals surface area contributed by atoms with Crippen molar-refractivity contribution in [1.82, 2.24) is 35.5 Å². The molecular weight excluding hydrogens is 422 g/mol. The fraction of sp³-hybridized carbons (Fsp3) is 0.435. The number of rotatable bonds is 5. The maximum atomic E-state index is 13.1. The summed E-state index contributed by atoms with van der Waals surface area (Å²) in [6.45, 7) is 4.86. The number of aromatic nitrogens is 4. The van der Waals surface area contributed by atoms with Crippen LogP contribution in [-0.2, 0) is 24.4 Å². The number of pyridine rings is 1. The summed E-state index contributed by atoms with van der Waals surface area (Å²) in [6, 6.07) is 11.3. The second kappa shape index (κ2) is 8.78. The van der Waals surface area contributed by atoms with E-state index < -0.39 is 5.60 Å². The van der Waals surface area contributed by atoms with Crippen molar-refractivity contribution in [1.29, 1.82) is 0 Å². The van der Waals surface area contributed by atoms with E-state index in [0.29, 0.717) is 50.7 Å². The van der Waals surface area contributed by atoms with Gasteiger partial charge in [0.1, 0.15) is 17.0 Å². The molecule has 1 unspecified atom stereocenters. The molecule has 1 spiro atoms. The van der Waals surface area contributed by atoms with E-state index in [1.165, 1.54) is 0 Å². The number of urea groups is 1. The highest BCUT2D eigenvalue weighted by atomic mass is 16.5. The number of benzene rings is 1. The number of carbonyl (C=O) groups is 2. The molecule has 1 saturated heterocycles. The zero-order chi connectivity index (χ0) is 22.8. The van der Waals surface area contributed by atoms with Gasteiger partial charge in [-0.25, -0.2) is 14.5 Å². The van der Waals surface area contributed by atoms with Gasteiger partial charge >= 0.3 is 6.03 Å². The normalized spacial score (nSPS) is 19.6. The number of fused-ring (bicyclic) bond motifs is 2. The first-order valence-corrected chi connectivity index (χ1v) is 11.3. The molecule has 1 fully saturated rings. The molecule has 10 nitrogen and oxygen atoms in total. The van der Waals surface area contributed by atoms with Crippen LogP contribution in [0.3, 0.4) is 0 Å². The van der Waals surface area contributed by atoms with E-state index in [9.17, 15) is 9.59 Å². The number of amides is 3. The monoisotopic (exact) mass is 449 g/mol. The lowest BCUT2D eigenvalue weighted by Gasteiger charge is -2.33. The predicted molar refractivity (Wildman–Crippen MR) is 120 cm³/mol. The highest BCUT2D eigenvalue weighted by molar-refractivity contribution is 5.95. The Morgan fingerprint density at radius 2 is 2.03 bits per heavy atom. The third-order valence-electron chi connectivity index (χ3n) is 6.24. The molecule has 1 aromatic carbocycles. The van der Waals surface area contributed by atoms with Crippen LogP contribution in [0.25, 0.3) is 10.9 Å². The SMILES string of the molecule is CCCNC(=O)NCc1nnn2c1COC1(CCN(C(=O)c3ccc4ccccc4n3)C1)C2. The van der Waals surface area contributed by atoms with Crippen molar-refractivity contribution in [3.8, 4) is 0 Å². The molecule has 3 amide bonds. The van der Waals surface area contributed by atoms with E-state index in [-0.39, 0.29) is 11.9 Å². The third-order valence-corrected chi connectivity index (χ3v) is 6.24. The lowest BCUT2D eigenvalue weighted by Crippen LogP contribution is -2.45. The molecule has 2 N–H and O–H groups in total. The van der Waals surface area contributed by atoms with E-state index in [2.05, 4.69) is 25.9 Å². The fourth-order valence-electron chi connectivity index (χ4n) is 4.41. The molecule has 4 heterocycles. The molecule has 3 aromatic rings. The Kier molecular flexibility index (Phi) is 5.67. The predicted octanol–water partition coefficient (Wildman–Crippen LogP) is 1.85. The highest BCUT2D eigenvalue weighted by Gasteiger charge is 2.45. The standard InChI is InChI=1S/C23H27N7O3/c1-2-10-24-22(32)25-12-19-20-13-33-23(15-30(20)28-27-19)9-11-29(14-23)21(31)18-8-7-16-5-3-4-6-17(16)26-18/h3-8H,2,9-15H2,1H3,(H2,24,25,32). The maximum Gasteiger partial charge on any atom is 0.315 e. The quantitative estimate of drug-likeness (QED) is 0.615. The van der Waals surface area contributed by atoms with Crippen LogP contribution in [0.1, 0.15) is 41.6 Å². The largest absolute Gasteiger partial charge is 0.365 e. The van der Waals surface area contributed by atoms with Gasteiger partial charge in [0.2, 0.25) is 0 Å². The van der Waals surface area contributed by atoms with Crippen LogP contribution in [-0.4, -0.2) is 62.1 Å². The van der Waals surface area contributed by atoms with Gasteiger partial charge in [-0.05, 0) is 25.0 Å². The maximum absolute atomic E-state index is 13.1. The summed E-state index contributed by atoms with van der Waals surface area (Å²) in [5.74, 6) is -0.0893. The molecule has 0 radical (unpaired) electrons. The number of carbonyl (C=O) groups excluding carboxylic acids is 2. The highest BCUT2D eigenvalue weighted by Crippen LogP contribution is 2.33. The minimum absolute atomic E-state index is 0.0893. The Morgan fingerprint density at radius 1 is 1.15 bits per heavy atom. The molecular formula is C23H27N7O3. The van der Waals surface area contributed by atoms with Crippen LogP contribution in [0.2, 0.25) is 0 Å². The number of likely N-dealkylation sites (tertiary alicyclic amines) is 1. The van der Waals surface area contributed by atoms with E-state index in [4.69, 9.17) is 4.74 Å². The van der Waals surface area contributed by atoms with Gasteiger partial charge in [0, 0.05) is 18.5 Å². The van der Waals surface area contributed by atoms with Crippen LogP contribution in [0, 0.1) is 0 Å². The van der Waals surface area contributed by atoms with Crippen molar-refractivity contribution < 1.29 is 14.3 Å². The molecule has 33 heavy (non-hydrogen) atoms. The summed E-state index contributed by atoms with van der Waals surface area (Å²) >= 11 is 0. The molecule has 172 valence electrons. The van der Waals surface area contributed by atoms with Crippen molar-refractivity contribution >= 4 is 22.8 Å². The van der Waals surface area contributed by atoms with E-state index >= 15 is 0 Å². The third kappa shape index (κ3) is 4.25. The van der Waals surface area contributed by atoms with Crippen molar-refractivity contribution in [3.63, 3.8) is 0 Å². The lowest BCUT2D eigenvalue weighted by atomic mass is 10.0. The molecule has 0 saturated carbocycles. The number of nitrogens with one attached hydrogen (secondary N) is 2. The van der Waals surface area contributed by atoms with Crippen LogP contribution in [0.4, 0.5) is 4.79 Å². The van der Waals surface area contributed by atoms with Crippen molar-refractivity contribution in [3.05, 3.63) is 53.5 Å². The molecule has 2 aliphatic rings. The van der Waals surface area contributed by atoms with Gasteiger partial charge in [0.25, 0.3) is 5.91 Å². The Bertz CT molecular complexity index is 1190. The first-order valence-electron chi connectivity index (χ1n) is 11.3. The summed E-state index contributed by atoms with van der Waals surface area (Å²) in [7, 11) is 0. The zero-order valence-electron chi connectivity index (χ0n) is 18.6. The first-order chi connectivity index (χ1) is 16.1. The summed E-state index contributed by atoms with van der Waals surface area (Å²) < 4.78 is 8.11. The number of hydrogen-bond acceptors (Lipinski definition) is 6. The van der Waals surface area contributed by atoms with E-state index in [0.717, 1.165) is 29.4 Å². The average Bonchev–Trinajstić information content (AvgIpc) is 3.44. The Labute approximate surface area is 191 Å². The summed E-state index contributed by atoms with van der Waals surface area (Å²) in [5, 5.41) is 15.1. The van der Waals surface area contributed by atoms with E-state index in [1.54, 1.807) is 11.0 Å². The van der Waals surface area contributed by atoms with Gasteiger partial charge in [0.15, 0.2) is 0 Å². The van der Waals surface area contributed by atoms with Gasteiger partial charge in [-0.15, -0.1) is 5.10 Å². The van der Waals surface area contributed by atoms with Crippen LogP contribution in [0.5, 0.6) is 0 Å². The Hall–Kier alpha value is -3.53. The van der Waals surface area contributed by atoms with Crippen LogP contribution >= 0.6 is 0 Å². The molecule has 10 heteroatoms. The molecule has 0 bridgehead atoms. The van der Waals surface area contributed by atoms with Crippen molar-refractivity contribution in [2.75, 3.05) is 19.6 Å². The molecule has 2 aliphatic heterocycles. The van der Waals surface area contributed by atoms with Crippen molar-refractivity contribution in [2.45, 2.75) is 45.1 Å². The van der Waals surface area contributed by atoms with Gasteiger partial charge in [0.05, 0.1) is 37.5 Å². The topological polar surface area (TPSA) is 114 Å². The smallest absolute Gasteiger partial charge is 0.315 e. The minimum Gasteiger partial charge on any atom is -0.365 e. The zero-order valence-corrected chi connectivity index (χ0v) is 18.6. The minimum atomic E-state index is -0.490. The Morgan fingerprint density at radius 3 is 2.91 bits per heavy atom. The molecule has 1 atom stereocenters. The van der Waals surface area contributed by atoms with Crippen LogP contribution in [0.15, 0.2) is 36.4 Å². The van der Waals surface area contributed by atoms with Gasteiger partial charge < -0.3 is 20.3 Å². The van der Waals surface area contributed by atoms with E-state index in [1.807, 2.05) is 41.9 Å². The summed E-state index contributed by atoms with van der Waals surface area (Å²) in [5.41, 5.74) is 2.32. The fourth-order valence-corrected chi connectivity index (χ4v) is 4.41. The van der Waals surface area contributed by atoms with Gasteiger partial charge in [-0.3, -0.25) is 4.79 Å². The summed E-state index contributed by atoms with van der Waals surface area (Å²) in [6.07, 6.45) is 1.60. The molecule has 2 aromatic heterocycles. The Balaban J connectivity index is 1.24. The number of ether oxygens (including phenoxy) is 1. The number of nitrogens with zero attached hydrogens (tertiary/aromatic N) is 5. The van der Waals surface area contributed by atoms with Gasteiger partial charge in [-0.1, -0.05) is 36.4 Å². The first kappa shape index (κ1) is 21.3. The average molecular weight is 450 g/mol. The van der Waals surface area contributed by atoms with Crippen molar-refractivity contribution in [2.24, 2.45) is 0 Å². The number of para-hydroxylation sites is 1. The summed E-state index contributed by atoms with van der Waals surface area (Å²) in [4.78, 5) is 31.3. The lowest BCUT2D eigenvalue weighted by molar-refractivity contribution is -0.0828. The van der Waals surface area contributed by atoms with Crippen LogP contribution < -0.4 is 10.6 Å². The second-order valence-corrected chi connectivity index (χ2v) is 8.59. The molecule has 0 aliphatic carbocycles. The second-order valence-electron chi connectivity index (χ2n) is 8.59. The van der Waals surface area contributed by atoms with Gasteiger partial charge in [-0.2, -0.15) is 0 Å². The molecule has 5 rings (SSSR count). The number of hydrogen-bond donors (Lipinski definition) is 2.